The molecule has 1 rings (SSSR count). The normalized spacial score (nSPS) is 12.0. The Kier molecular flexibility index (Phi) is 6.91. The Morgan fingerprint density at radius 1 is 1.43 bits per heavy atom. The van der Waals surface area contributed by atoms with E-state index in [2.05, 4.69) is 21.1 Å². The van der Waals surface area contributed by atoms with E-state index >= 15 is 0 Å². The molecule has 0 aromatic heterocycles. The van der Waals surface area contributed by atoms with Gasteiger partial charge in [-0.15, -0.1) is 0 Å². The van der Waals surface area contributed by atoms with Crippen LogP contribution in [-0.4, -0.2) is 35.3 Å². The molecule has 0 amide bonds. The highest BCUT2D eigenvalue weighted by atomic mass is 79.9. The Morgan fingerprint density at radius 3 is 2.52 bits per heavy atom. The van der Waals surface area contributed by atoms with E-state index in [9.17, 15) is 9.50 Å². The number of rotatable bonds is 7. The lowest BCUT2D eigenvalue weighted by atomic mass is 10.1. The van der Waals surface area contributed by atoms with Gasteiger partial charge in [-0.2, -0.15) is 0 Å². The van der Waals surface area contributed by atoms with Crippen LogP contribution in [0.3, 0.4) is 0 Å². The molecule has 7 heteroatoms. The maximum atomic E-state index is 14.6. The van der Waals surface area contributed by atoms with Crippen LogP contribution in [0, 0.1) is 5.82 Å². The molecule has 0 spiro atoms. The lowest BCUT2D eigenvalue weighted by molar-refractivity contribution is 0.295. The molecule has 1 aromatic carbocycles. The molecule has 0 atom stereocenters. The Bertz CT molecular complexity index is 507. The molecule has 118 valence electrons. The summed E-state index contributed by atoms with van der Waals surface area (Å²) in [6.45, 7) is 4.33. The quantitative estimate of drug-likeness (QED) is 0.301. The van der Waals surface area contributed by atoms with Gasteiger partial charge in [0.15, 0.2) is 11.7 Å². The Labute approximate surface area is 132 Å². The first-order valence-corrected chi connectivity index (χ1v) is 7.64. The van der Waals surface area contributed by atoms with Gasteiger partial charge in [0.05, 0.1) is 16.8 Å². The van der Waals surface area contributed by atoms with Crippen LogP contribution < -0.4 is 10.6 Å². The molecule has 0 aliphatic heterocycles. The summed E-state index contributed by atoms with van der Waals surface area (Å²) in [5.41, 5.74) is 6.18. The second-order valence-corrected chi connectivity index (χ2v) is 5.43. The minimum Gasteiger partial charge on any atom is -0.409 e. The van der Waals surface area contributed by atoms with Gasteiger partial charge in [-0.3, -0.25) is 0 Å². The van der Waals surface area contributed by atoms with Crippen molar-refractivity contribution in [1.82, 2.24) is 0 Å². The van der Waals surface area contributed by atoms with Crippen LogP contribution in [0.2, 0.25) is 0 Å². The maximum absolute atomic E-state index is 14.6. The highest BCUT2D eigenvalue weighted by molar-refractivity contribution is 9.10. The van der Waals surface area contributed by atoms with Crippen LogP contribution in [0.5, 0.6) is 0 Å². The van der Waals surface area contributed by atoms with E-state index in [-0.39, 0.29) is 28.5 Å². The van der Waals surface area contributed by atoms with E-state index in [1.54, 1.807) is 12.1 Å². The maximum Gasteiger partial charge on any atom is 0.171 e. The largest absolute Gasteiger partial charge is 0.409 e. The molecule has 0 saturated carbocycles. The molecule has 0 aliphatic carbocycles. The second kappa shape index (κ2) is 8.19. The lowest BCUT2D eigenvalue weighted by Crippen LogP contribution is -2.37. The fourth-order valence-electron chi connectivity index (χ4n) is 2.35. The van der Waals surface area contributed by atoms with Crippen LogP contribution in [0.25, 0.3) is 0 Å². The second-order valence-electron chi connectivity index (χ2n) is 4.63. The average molecular weight is 362 g/mol. The number of amidine groups is 1. The fraction of sp³-hybridized carbons (Fsp3) is 0.500. The highest BCUT2D eigenvalue weighted by Gasteiger charge is 2.22. The minimum atomic E-state index is -0.487. The first-order chi connectivity index (χ1) is 10.0. The van der Waals surface area contributed by atoms with Crippen LogP contribution >= 0.6 is 15.9 Å². The first-order valence-electron chi connectivity index (χ1n) is 6.85. The number of halogens is 2. The summed E-state index contributed by atoms with van der Waals surface area (Å²) in [6, 6.07) is 3.31. The molecular weight excluding hydrogens is 341 g/mol. The molecule has 5 nitrogen and oxygen atoms in total. The molecule has 0 fully saturated rings. The van der Waals surface area contributed by atoms with Crippen LogP contribution in [0.4, 0.5) is 10.1 Å². The van der Waals surface area contributed by atoms with Crippen molar-refractivity contribution in [2.24, 2.45) is 10.9 Å². The third-order valence-electron chi connectivity index (χ3n) is 3.48. The molecule has 1 aromatic rings. The number of hydrogen-bond acceptors (Lipinski definition) is 4. The van der Waals surface area contributed by atoms with E-state index in [4.69, 9.17) is 10.9 Å². The smallest absolute Gasteiger partial charge is 0.171 e. The molecule has 21 heavy (non-hydrogen) atoms. The van der Waals surface area contributed by atoms with Gasteiger partial charge < -0.3 is 20.9 Å². The number of aliphatic hydroxyl groups is 1. The molecule has 0 unspecified atom stereocenters. The lowest BCUT2D eigenvalue weighted by Gasteiger charge is -2.32. The van der Waals surface area contributed by atoms with Crippen LogP contribution in [-0.2, 0) is 0 Å². The van der Waals surface area contributed by atoms with Crippen molar-refractivity contribution in [2.45, 2.75) is 32.7 Å². The zero-order valence-corrected chi connectivity index (χ0v) is 13.8. The van der Waals surface area contributed by atoms with Gasteiger partial charge >= 0.3 is 0 Å². The molecule has 0 bridgehead atoms. The highest BCUT2D eigenvalue weighted by Crippen LogP contribution is 2.31. The van der Waals surface area contributed by atoms with Crippen molar-refractivity contribution in [3.05, 3.63) is 28.0 Å². The average Bonchev–Trinajstić information content (AvgIpc) is 2.49. The predicted octanol–water partition coefficient (Wildman–Crippen LogP) is 2.67. The molecule has 4 N–H and O–H groups in total. The van der Waals surface area contributed by atoms with Gasteiger partial charge in [-0.05, 0) is 40.9 Å². The number of nitrogens with zero attached hydrogens (tertiary/aromatic N) is 2. The van der Waals surface area contributed by atoms with E-state index in [1.807, 2.05) is 18.7 Å². The number of benzene rings is 1. The topological polar surface area (TPSA) is 82.1 Å². The number of oxime groups is 1. The summed E-state index contributed by atoms with van der Waals surface area (Å²) in [4.78, 5) is 1.84. The summed E-state index contributed by atoms with van der Waals surface area (Å²) < 4.78 is 14.7. The molecule has 0 heterocycles. The zero-order chi connectivity index (χ0) is 16.0. The third-order valence-corrected chi connectivity index (χ3v) is 4.25. The number of nitrogens with two attached hydrogens (primary N) is 1. The van der Waals surface area contributed by atoms with Crippen LogP contribution in [0.15, 0.2) is 21.8 Å². The Hall–Kier alpha value is -1.34. The van der Waals surface area contributed by atoms with E-state index < -0.39 is 5.82 Å². The van der Waals surface area contributed by atoms with Crippen LogP contribution in [0.1, 0.15) is 32.3 Å². The number of aliphatic hydroxyl groups excluding tert-OH is 1. The SMILES string of the molecule is CCC(CC)N(CCO)c1ccc(/C(N)=N/O)c(Br)c1F. The first kappa shape index (κ1) is 17.7. The van der Waals surface area contributed by atoms with Gasteiger partial charge in [0.1, 0.15) is 0 Å². The Morgan fingerprint density at radius 2 is 2.05 bits per heavy atom. The summed E-state index contributed by atoms with van der Waals surface area (Å²) in [5, 5.41) is 20.8. The molecular formula is C14H21BrFN3O2. The number of hydrogen-bond donors (Lipinski definition) is 3. The van der Waals surface area contributed by atoms with Gasteiger partial charge in [0, 0.05) is 18.2 Å². The standard InChI is InChI=1S/C14H21BrFN3O2/c1-3-9(4-2)19(7-8-20)11-6-5-10(14(17)18-21)12(15)13(11)16/h5-6,9,20-21H,3-4,7-8H2,1-2H3,(H2,17,18). The minimum absolute atomic E-state index is 0.0600. The fourth-order valence-corrected chi connectivity index (χ4v) is 2.89. The van der Waals surface area contributed by atoms with Gasteiger partial charge in [-0.25, -0.2) is 4.39 Å². The van der Waals surface area contributed by atoms with Crippen molar-refractivity contribution < 1.29 is 14.7 Å². The molecule has 0 aliphatic rings. The summed E-state index contributed by atoms with van der Waals surface area (Å²) >= 11 is 3.15. The third kappa shape index (κ3) is 3.85. The molecule has 0 radical (unpaired) electrons. The summed E-state index contributed by atoms with van der Waals surface area (Å²) in [7, 11) is 0. The van der Waals surface area contributed by atoms with Crippen molar-refractivity contribution >= 4 is 27.5 Å². The van der Waals surface area contributed by atoms with Crippen molar-refractivity contribution in [1.29, 1.82) is 0 Å². The monoisotopic (exact) mass is 361 g/mol. The Balaban J connectivity index is 3.31. The van der Waals surface area contributed by atoms with E-state index in [0.29, 0.717) is 12.2 Å². The molecule has 0 saturated heterocycles. The zero-order valence-electron chi connectivity index (χ0n) is 12.2. The van der Waals surface area contributed by atoms with Crippen molar-refractivity contribution in [2.75, 3.05) is 18.1 Å². The van der Waals surface area contributed by atoms with Gasteiger partial charge in [-0.1, -0.05) is 19.0 Å². The van der Waals surface area contributed by atoms with Crippen molar-refractivity contribution in [3.63, 3.8) is 0 Å². The van der Waals surface area contributed by atoms with Gasteiger partial charge in [0.2, 0.25) is 0 Å². The summed E-state index contributed by atoms with van der Waals surface area (Å²) in [5.74, 6) is -0.650. The number of anilines is 1. The van der Waals surface area contributed by atoms with E-state index in [1.165, 1.54) is 0 Å². The predicted molar refractivity (Wildman–Crippen MR) is 85.4 cm³/mol. The van der Waals surface area contributed by atoms with Gasteiger partial charge in [0.25, 0.3) is 0 Å². The van der Waals surface area contributed by atoms with E-state index in [0.717, 1.165) is 12.8 Å². The summed E-state index contributed by atoms with van der Waals surface area (Å²) in [6.07, 6.45) is 1.69. The van der Waals surface area contributed by atoms with Crippen molar-refractivity contribution in [3.8, 4) is 0 Å².